The molecule has 1 saturated heterocycles. The molecule has 24 heavy (non-hydrogen) atoms. The number of carbonyl (C=O) groups excluding carboxylic acids is 1. The van der Waals surface area contributed by atoms with Crippen molar-refractivity contribution in [3.8, 4) is 0 Å². The highest BCUT2D eigenvalue weighted by atomic mass is 16.3. The van der Waals surface area contributed by atoms with Crippen LogP contribution in [0.15, 0.2) is 23.1 Å². The highest BCUT2D eigenvalue weighted by Crippen LogP contribution is 2.26. The van der Waals surface area contributed by atoms with E-state index in [1.807, 2.05) is 17.9 Å². The van der Waals surface area contributed by atoms with E-state index in [0.29, 0.717) is 25.4 Å². The summed E-state index contributed by atoms with van der Waals surface area (Å²) in [7, 11) is 1.65. The summed E-state index contributed by atoms with van der Waals surface area (Å²) in [6.07, 6.45) is 3.42. The van der Waals surface area contributed by atoms with E-state index in [1.165, 1.54) is 17.5 Å². The lowest BCUT2D eigenvalue weighted by Gasteiger charge is -2.28. The molecule has 2 aromatic rings. The molecule has 8 heteroatoms. The van der Waals surface area contributed by atoms with Crippen molar-refractivity contribution in [2.75, 3.05) is 31.6 Å². The zero-order chi connectivity index (χ0) is 17.3. The van der Waals surface area contributed by atoms with Gasteiger partial charge in [-0.3, -0.25) is 4.79 Å². The Labute approximate surface area is 140 Å². The van der Waals surface area contributed by atoms with Gasteiger partial charge in [0.15, 0.2) is 11.6 Å². The summed E-state index contributed by atoms with van der Waals surface area (Å²) < 4.78 is 5.07. The first-order chi connectivity index (χ1) is 11.4. The van der Waals surface area contributed by atoms with Crippen molar-refractivity contribution < 1.29 is 14.3 Å². The van der Waals surface area contributed by atoms with Crippen molar-refractivity contribution in [2.45, 2.75) is 25.9 Å². The second kappa shape index (κ2) is 6.20. The third-order valence-corrected chi connectivity index (χ3v) is 4.16. The lowest BCUT2D eigenvalue weighted by molar-refractivity contribution is 0.0262. The van der Waals surface area contributed by atoms with Crippen LogP contribution < -0.4 is 4.90 Å². The van der Waals surface area contributed by atoms with Crippen molar-refractivity contribution in [2.24, 2.45) is 0 Å². The number of carbonyl (C=O) groups is 1. The van der Waals surface area contributed by atoms with Crippen LogP contribution in [-0.4, -0.2) is 63.1 Å². The number of nitrogens with zero attached hydrogens (tertiary/aromatic N) is 5. The Hall–Kier alpha value is -2.48. The lowest BCUT2D eigenvalue weighted by Crippen LogP contribution is -2.46. The van der Waals surface area contributed by atoms with Crippen LogP contribution in [-0.2, 0) is 0 Å². The molecule has 0 radical (unpaired) electrons. The smallest absolute Gasteiger partial charge is 0.275 e. The summed E-state index contributed by atoms with van der Waals surface area (Å²) >= 11 is 0. The SMILES string of the molecule is Cc1cc(N2CCC(O)(CN(C)C(=O)c3coc(C)n3)C2)ncn1. The van der Waals surface area contributed by atoms with E-state index in [9.17, 15) is 9.90 Å². The number of rotatable bonds is 4. The summed E-state index contributed by atoms with van der Waals surface area (Å²) in [6, 6.07) is 1.89. The molecule has 1 amide bonds. The van der Waals surface area contributed by atoms with Crippen LogP contribution in [0.3, 0.4) is 0 Å². The molecule has 0 aromatic carbocycles. The minimum Gasteiger partial charge on any atom is -0.448 e. The molecule has 128 valence electrons. The maximum Gasteiger partial charge on any atom is 0.275 e. The molecule has 1 unspecified atom stereocenters. The topological polar surface area (TPSA) is 95.6 Å². The number of hydrogen-bond donors (Lipinski definition) is 1. The fourth-order valence-electron chi connectivity index (χ4n) is 2.96. The lowest BCUT2D eigenvalue weighted by atomic mass is 10.0. The zero-order valence-electron chi connectivity index (χ0n) is 14.1. The first kappa shape index (κ1) is 16.4. The third-order valence-electron chi connectivity index (χ3n) is 4.16. The third kappa shape index (κ3) is 3.38. The Kier molecular flexibility index (Phi) is 4.23. The number of hydrogen-bond acceptors (Lipinski definition) is 7. The van der Waals surface area contributed by atoms with Crippen LogP contribution in [0.5, 0.6) is 0 Å². The standard InChI is InChI=1S/C16H21N5O3/c1-11-6-14(18-10-17-11)21-5-4-16(23,9-21)8-20(3)15(22)13-7-24-12(2)19-13/h6-7,10,23H,4-5,8-9H2,1-3H3. The van der Waals surface area contributed by atoms with Gasteiger partial charge < -0.3 is 19.3 Å². The minimum atomic E-state index is -0.984. The van der Waals surface area contributed by atoms with Gasteiger partial charge in [0.25, 0.3) is 5.91 Å². The van der Waals surface area contributed by atoms with Crippen LogP contribution in [0, 0.1) is 13.8 Å². The van der Waals surface area contributed by atoms with E-state index in [1.54, 1.807) is 14.0 Å². The second-order valence-corrected chi connectivity index (χ2v) is 6.33. The number of aliphatic hydroxyl groups is 1. The van der Waals surface area contributed by atoms with E-state index >= 15 is 0 Å². The number of aromatic nitrogens is 3. The highest BCUT2D eigenvalue weighted by Gasteiger charge is 2.38. The van der Waals surface area contributed by atoms with Crippen LogP contribution in [0.2, 0.25) is 0 Å². The molecule has 1 N–H and O–H groups in total. The van der Waals surface area contributed by atoms with Gasteiger partial charge in [-0.1, -0.05) is 0 Å². The average molecular weight is 331 g/mol. The molecule has 0 spiro atoms. The molecule has 0 bridgehead atoms. The Morgan fingerprint density at radius 3 is 2.92 bits per heavy atom. The number of amides is 1. The predicted molar refractivity (Wildman–Crippen MR) is 86.7 cm³/mol. The molecule has 1 atom stereocenters. The van der Waals surface area contributed by atoms with Crippen molar-refractivity contribution in [3.05, 3.63) is 35.9 Å². The van der Waals surface area contributed by atoms with Crippen molar-refractivity contribution in [1.82, 2.24) is 19.9 Å². The number of anilines is 1. The molecule has 0 aliphatic carbocycles. The summed E-state index contributed by atoms with van der Waals surface area (Å²) in [5, 5.41) is 10.8. The normalized spacial score (nSPS) is 20.4. The largest absolute Gasteiger partial charge is 0.448 e. The van der Waals surface area contributed by atoms with E-state index in [-0.39, 0.29) is 18.1 Å². The summed E-state index contributed by atoms with van der Waals surface area (Å²) in [6.45, 7) is 4.90. The molecule has 1 aliphatic rings. The summed E-state index contributed by atoms with van der Waals surface area (Å²) in [5.41, 5.74) is 0.145. The van der Waals surface area contributed by atoms with E-state index in [2.05, 4.69) is 15.0 Å². The molecule has 1 fully saturated rings. The van der Waals surface area contributed by atoms with E-state index in [0.717, 1.165) is 11.5 Å². The molecular formula is C16H21N5O3. The molecule has 8 nitrogen and oxygen atoms in total. The second-order valence-electron chi connectivity index (χ2n) is 6.33. The van der Waals surface area contributed by atoms with E-state index in [4.69, 9.17) is 4.42 Å². The average Bonchev–Trinajstić information content (AvgIpc) is 3.13. The molecule has 3 rings (SSSR count). The molecular weight excluding hydrogens is 310 g/mol. The fraction of sp³-hybridized carbons (Fsp3) is 0.500. The Bertz CT molecular complexity index is 747. The predicted octanol–water partition coefficient (Wildman–Crippen LogP) is 0.795. The maximum absolute atomic E-state index is 12.3. The zero-order valence-corrected chi connectivity index (χ0v) is 14.1. The number of oxazole rings is 1. The van der Waals surface area contributed by atoms with Gasteiger partial charge in [-0.2, -0.15) is 0 Å². The quantitative estimate of drug-likeness (QED) is 0.885. The van der Waals surface area contributed by atoms with Crippen LogP contribution in [0.4, 0.5) is 5.82 Å². The van der Waals surface area contributed by atoms with Crippen molar-refractivity contribution in [1.29, 1.82) is 0 Å². The van der Waals surface area contributed by atoms with Crippen molar-refractivity contribution in [3.63, 3.8) is 0 Å². The van der Waals surface area contributed by atoms with Crippen LogP contribution >= 0.6 is 0 Å². The van der Waals surface area contributed by atoms with Gasteiger partial charge in [0.05, 0.1) is 6.54 Å². The Balaban J connectivity index is 1.65. The molecule has 2 aromatic heterocycles. The van der Waals surface area contributed by atoms with Gasteiger partial charge in [0.2, 0.25) is 0 Å². The monoisotopic (exact) mass is 331 g/mol. The van der Waals surface area contributed by atoms with Crippen LogP contribution in [0.1, 0.15) is 28.5 Å². The Morgan fingerprint density at radius 1 is 1.46 bits per heavy atom. The van der Waals surface area contributed by atoms with Gasteiger partial charge >= 0.3 is 0 Å². The van der Waals surface area contributed by atoms with Gasteiger partial charge in [0.1, 0.15) is 24.0 Å². The van der Waals surface area contributed by atoms with Gasteiger partial charge in [-0.05, 0) is 13.3 Å². The summed E-state index contributed by atoms with van der Waals surface area (Å²) in [4.78, 5) is 28.2. The van der Waals surface area contributed by atoms with Crippen LogP contribution in [0.25, 0.3) is 0 Å². The van der Waals surface area contributed by atoms with Gasteiger partial charge in [-0.15, -0.1) is 0 Å². The number of likely N-dealkylation sites (N-methyl/N-ethyl adjacent to an activating group) is 1. The Morgan fingerprint density at radius 2 is 2.25 bits per heavy atom. The van der Waals surface area contributed by atoms with E-state index < -0.39 is 5.60 Å². The first-order valence-electron chi connectivity index (χ1n) is 7.80. The highest BCUT2D eigenvalue weighted by molar-refractivity contribution is 5.91. The molecule has 3 heterocycles. The molecule has 0 saturated carbocycles. The van der Waals surface area contributed by atoms with Gasteiger partial charge in [-0.25, -0.2) is 15.0 Å². The number of aryl methyl sites for hydroxylation is 2. The van der Waals surface area contributed by atoms with Gasteiger partial charge in [0, 0.05) is 38.8 Å². The summed E-state index contributed by atoms with van der Waals surface area (Å²) in [5.74, 6) is 0.966. The minimum absolute atomic E-state index is 0.221. The first-order valence-corrected chi connectivity index (χ1v) is 7.80. The fourth-order valence-corrected chi connectivity index (χ4v) is 2.96. The maximum atomic E-state index is 12.3. The van der Waals surface area contributed by atoms with Crippen molar-refractivity contribution >= 4 is 11.7 Å². The number of β-amino-alcohol motifs (C(OH)–C–C–N with tert-alkyl or cyclic N) is 1. The molecule has 1 aliphatic heterocycles.